The lowest BCUT2D eigenvalue weighted by molar-refractivity contribution is 0.577. The maximum absolute atomic E-state index is 13.7. The number of rotatable bonds is 4. The molecule has 1 atom stereocenters. The molecule has 0 bridgehead atoms. The first-order valence-electron chi connectivity index (χ1n) is 8.90. The summed E-state index contributed by atoms with van der Waals surface area (Å²) in [5, 5.41) is 6.20. The minimum atomic E-state index is -0.673. The van der Waals surface area contributed by atoms with Gasteiger partial charge in [-0.1, -0.05) is 12.1 Å². The van der Waals surface area contributed by atoms with Crippen LogP contribution in [0, 0.1) is 11.6 Å². The van der Waals surface area contributed by atoms with E-state index in [-0.39, 0.29) is 11.7 Å². The normalized spacial score (nSPS) is 15.4. The lowest BCUT2D eigenvalue weighted by Gasteiger charge is -2.29. The summed E-state index contributed by atoms with van der Waals surface area (Å²) in [5.74, 6) is -1.29. The molecule has 1 fully saturated rings. The van der Waals surface area contributed by atoms with Crippen molar-refractivity contribution in [3.05, 3.63) is 59.7 Å². The molecular weight excluding hydrogens is 352 g/mol. The Labute approximate surface area is 158 Å². The summed E-state index contributed by atoms with van der Waals surface area (Å²) in [6, 6.07) is 11.8. The average Bonchev–Trinajstić information content (AvgIpc) is 2.65. The molecule has 26 heavy (non-hydrogen) atoms. The highest BCUT2D eigenvalue weighted by molar-refractivity contribution is 7.80. The number of hydrogen-bond donors (Lipinski definition) is 2. The van der Waals surface area contributed by atoms with Crippen molar-refractivity contribution >= 4 is 28.7 Å². The standard InChI is InChI=1S/C20H23F2N3S/c1-14(23-20(26)24-19-10-7-16(21)13-18(19)22)15-5-8-17(9-6-15)25-11-3-2-4-12-25/h5-10,13-14H,2-4,11-12H2,1H3,(H2,23,24,26)/t14-/m1/s1. The van der Waals surface area contributed by atoms with Crippen molar-refractivity contribution in [1.82, 2.24) is 5.32 Å². The highest BCUT2D eigenvalue weighted by Gasteiger charge is 2.13. The maximum atomic E-state index is 13.7. The van der Waals surface area contributed by atoms with Gasteiger partial charge in [-0.25, -0.2) is 8.78 Å². The SMILES string of the molecule is C[C@@H](NC(=S)Nc1ccc(F)cc1F)c1ccc(N2CCCCC2)cc1. The second kappa shape index (κ2) is 8.45. The van der Waals surface area contributed by atoms with Gasteiger partial charge in [0.15, 0.2) is 5.11 Å². The summed E-state index contributed by atoms with van der Waals surface area (Å²) in [6.07, 6.45) is 3.81. The lowest BCUT2D eigenvalue weighted by atomic mass is 10.1. The molecule has 0 radical (unpaired) electrons. The van der Waals surface area contributed by atoms with Crippen LogP contribution < -0.4 is 15.5 Å². The lowest BCUT2D eigenvalue weighted by Crippen LogP contribution is -2.31. The molecule has 0 amide bonds. The molecule has 0 unspecified atom stereocenters. The highest BCUT2D eigenvalue weighted by Crippen LogP contribution is 2.22. The smallest absolute Gasteiger partial charge is 0.171 e. The van der Waals surface area contributed by atoms with Gasteiger partial charge in [0, 0.05) is 24.8 Å². The molecule has 2 aromatic rings. The molecule has 0 aliphatic carbocycles. The number of thiocarbonyl (C=S) groups is 1. The van der Waals surface area contributed by atoms with Crippen LogP contribution in [0.25, 0.3) is 0 Å². The van der Waals surface area contributed by atoms with Gasteiger partial charge in [-0.05, 0) is 68.2 Å². The van der Waals surface area contributed by atoms with Crippen LogP contribution in [0.3, 0.4) is 0 Å². The van der Waals surface area contributed by atoms with E-state index in [0.29, 0.717) is 5.11 Å². The van der Waals surface area contributed by atoms with Gasteiger partial charge in [-0.15, -0.1) is 0 Å². The first-order chi connectivity index (χ1) is 12.5. The molecule has 2 N–H and O–H groups in total. The number of nitrogens with one attached hydrogen (secondary N) is 2. The van der Waals surface area contributed by atoms with E-state index < -0.39 is 11.6 Å². The van der Waals surface area contributed by atoms with Crippen LogP contribution in [-0.4, -0.2) is 18.2 Å². The highest BCUT2D eigenvalue weighted by atomic mass is 32.1. The fraction of sp³-hybridized carbons (Fsp3) is 0.350. The van der Waals surface area contributed by atoms with Crippen molar-refractivity contribution in [1.29, 1.82) is 0 Å². The zero-order chi connectivity index (χ0) is 18.5. The maximum Gasteiger partial charge on any atom is 0.171 e. The predicted molar refractivity (Wildman–Crippen MR) is 107 cm³/mol. The van der Waals surface area contributed by atoms with Gasteiger partial charge in [0.1, 0.15) is 11.6 Å². The van der Waals surface area contributed by atoms with E-state index in [9.17, 15) is 8.78 Å². The van der Waals surface area contributed by atoms with Crippen molar-refractivity contribution < 1.29 is 8.78 Å². The minimum Gasteiger partial charge on any atom is -0.372 e. The number of piperidine rings is 1. The van der Waals surface area contributed by atoms with Crippen molar-refractivity contribution in [2.75, 3.05) is 23.3 Å². The van der Waals surface area contributed by atoms with Crippen LogP contribution in [-0.2, 0) is 0 Å². The zero-order valence-electron chi connectivity index (χ0n) is 14.8. The predicted octanol–water partition coefficient (Wildman–Crippen LogP) is 5.00. The van der Waals surface area contributed by atoms with Gasteiger partial charge in [-0.2, -0.15) is 0 Å². The van der Waals surface area contributed by atoms with Crippen LogP contribution >= 0.6 is 12.2 Å². The van der Waals surface area contributed by atoms with Crippen molar-refractivity contribution in [2.24, 2.45) is 0 Å². The summed E-state index contributed by atoms with van der Waals surface area (Å²) < 4.78 is 26.7. The van der Waals surface area contributed by atoms with Crippen LogP contribution in [0.2, 0.25) is 0 Å². The molecule has 0 aromatic heterocycles. The van der Waals surface area contributed by atoms with Crippen molar-refractivity contribution in [3.63, 3.8) is 0 Å². The number of anilines is 2. The molecule has 2 aromatic carbocycles. The van der Waals surface area contributed by atoms with E-state index in [2.05, 4.69) is 39.8 Å². The third-order valence-corrected chi connectivity index (χ3v) is 4.86. The topological polar surface area (TPSA) is 27.3 Å². The Bertz CT molecular complexity index is 758. The average molecular weight is 375 g/mol. The van der Waals surface area contributed by atoms with E-state index in [4.69, 9.17) is 12.2 Å². The Morgan fingerprint density at radius 2 is 1.73 bits per heavy atom. The number of hydrogen-bond acceptors (Lipinski definition) is 2. The number of benzene rings is 2. The van der Waals surface area contributed by atoms with Crippen LogP contribution in [0.1, 0.15) is 37.8 Å². The molecule has 0 spiro atoms. The summed E-state index contributed by atoms with van der Waals surface area (Å²) in [6.45, 7) is 4.22. The van der Waals surface area contributed by atoms with Gasteiger partial charge < -0.3 is 15.5 Å². The Morgan fingerprint density at radius 3 is 2.38 bits per heavy atom. The van der Waals surface area contributed by atoms with Crippen LogP contribution in [0.15, 0.2) is 42.5 Å². The third kappa shape index (κ3) is 4.69. The van der Waals surface area contributed by atoms with E-state index in [1.807, 2.05) is 6.92 Å². The Kier molecular flexibility index (Phi) is 6.04. The second-order valence-electron chi connectivity index (χ2n) is 6.58. The monoisotopic (exact) mass is 375 g/mol. The van der Waals surface area contributed by atoms with Gasteiger partial charge in [-0.3, -0.25) is 0 Å². The molecule has 1 aliphatic heterocycles. The van der Waals surface area contributed by atoms with Gasteiger partial charge in [0.2, 0.25) is 0 Å². The Hall–Kier alpha value is -2.21. The van der Waals surface area contributed by atoms with Gasteiger partial charge >= 0.3 is 0 Å². The quantitative estimate of drug-likeness (QED) is 0.735. The largest absolute Gasteiger partial charge is 0.372 e. The summed E-state index contributed by atoms with van der Waals surface area (Å²) in [7, 11) is 0. The Balaban J connectivity index is 1.58. The van der Waals surface area contributed by atoms with Gasteiger partial charge in [0.25, 0.3) is 0 Å². The molecule has 1 saturated heterocycles. The fourth-order valence-electron chi connectivity index (χ4n) is 3.16. The second-order valence-corrected chi connectivity index (χ2v) is 6.99. The molecule has 6 heteroatoms. The first-order valence-corrected chi connectivity index (χ1v) is 9.31. The third-order valence-electron chi connectivity index (χ3n) is 4.64. The van der Waals surface area contributed by atoms with E-state index in [1.165, 1.54) is 37.1 Å². The molecule has 3 rings (SSSR count). The van der Waals surface area contributed by atoms with Crippen molar-refractivity contribution in [3.8, 4) is 0 Å². The van der Waals surface area contributed by atoms with Crippen molar-refractivity contribution in [2.45, 2.75) is 32.2 Å². The minimum absolute atomic E-state index is 0.0334. The van der Waals surface area contributed by atoms with Gasteiger partial charge in [0.05, 0.1) is 11.7 Å². The zero-order valence-corrected chi connectivity index (χ0v) is 15.6. The van der Waals surface area contributed by atoms with E-state index in [1.54, 1.807) is 0 Å². The number of halogens is 2. The summed E-state index contributed by atoms with van der Waals surface area (Å²) in [5.41, 5.74) is 2.49. The van der Waals surface area contributed by atoms with Crippen LogP contribution in [0.5, 0.6) is 0 Å². The van der Waals surface area contributed by atoms with E-state index in [0.717, 1.165) is 24.7 Å². The fourth-order valence-corrected chi connectivity index (χ4v) is 3.44. The molecule has 3 nitrogen and oxygen atoms in total. The molecule has 138 valence electrons. The molecule has 0 saturated carbocycles. The Morgan fingerprint density at radius 1 is 1.04 bits per heavy atom. The summed E-state index contributed by atoms with van der Waals surface area (Å²) >= 11 is 5.24. The molecule has 1 heterocycles. The van der Waals surface area contributed by atoms with E-state index >= 15 is 0 Å². The first kappa shape index (κ1) is 18.6. The van der Waals surface area contributed by atoms with Crippen LogP contribution in [0.4, 0.5) is 20.2 Å². The number of nitrogens with zero attached hydrogens (tertiary/aromatic N) is 1. The molecule has 1 aliphatic rings. The summed E-state index contributed by atoms with van der Waals surface area (Å²) in [4.78, 5) is 2.41. The molecular formula is C20H23F2N3S.